The van der Waals surface area contributed by atoms with E-state index < -0.39 is 0 Å². The van der Waals surface area contributed by atoms with Crippen LogP contribution in [0.2, 0.25) is 0 Å². The van der Waals surface area contributed by atoms with Crippen LogP contribution in [0.15, 0.2) is 18.2 Å². The number of nitrogens with one attached hydrogen (secondary N) is 1. The Bertz CT molecular complexity index is 345. The van der Waals surface area contributed by atoms with Gasteiger partial charge in [0.05, 0.1) is 7.11 Å². The maximum absolute atomic E-state index is 9.63. The van der Waals surface area contributed by atoms with E-state index in [9.17, 15) is 5.11 Å². The molecule has 76 valence electrons. The van der Waals surface area contributed by atoms with E-state index in [0.717, 1.165) is 18.4 Å². The van der Waals surface area contributed by atoms with E-state index in [1.807, 2.05) is 19.2 Å². The van der Waals surface area contributed by atoms with Crippen molar-refractivity contribution >= 4 is 0 Å². The van der Waals surface area contributed by atoms with Crippen molar-refractivity contribution in [2.45, 2.75) is 18.4 Å². The lowest BCUT2D eigenvalue weighted by Crippen LogP contribution is -2.24. The van der Waals surface area contributed by atoms with Crippen LogP contribution in [0.1, 0.15) is 18.4 Å². The highest BCUT2D eigenvalue weighted by Crippen LogP contribution is 2.46. The fourth-order valence-corrected chi connectivity index (χ4v) is 1.80. The van der Waals surface area contributed by atoms with Gasteiger partial charge < -0.3 is 15.2 Å². The van der Waals surface area contributed by atoms with Crippen molar-refractivity contribution in [1.82, 2.24) is 5.32 Å². The summed E-state index contributed by atoms with van der Waals surface area (Å²) in [5.74, 6) is 0.743. The molecule has 3 heteroatoms. The number of aromatic hydroxyl groups is 1. The number of phenols is 1. The molecule has 14 heavy (non-hydrogen) atoms. The molecule has 1 aliphatic carbocycles. The monoisotopic (exact) mass is 193 g/mol. The van der Waals surface area contributed by atoms with Gasteiger partial charge in [-0.05, 0) is 37.6 Å². The molecule has 1 fully saturated rings. The summed E-state index contributed by atoms with van der Waals surface area (Å²) >= 11 is 0. The number of hydrogen-bond acceptors (Lipinski definition) is 3. The van der Waals surface area contributed by atoms with E-state index in [1.54, 1.807) is 13.2 Å². The van der Waals surface area contributed by atoms with Gasteiger partial charge in [-0.2, -0.15) is 0 Å². The lowest BCUT2D eigenvalue weighted by molar-refractivity contribution is 0.372. The van der Waals surface area contributed by atoms with Crippen molar-refractivity contribution in [3.05, 3.63) is 23.8 Å². The molecule has 0 heterocycles. The van der Waals surface area contributed by atoms with Gasteiger partial charge in [0, 0.05) is 5.54 Å². The summed E-state index contributed by atoms with van der Waals surface area (Å²) in [5.41, 5.74) is 1.24. The van der Waals surface area contributed by atoms with Gasteiger partial charge >= 0.3 is 0 Å². The van der Waals surface area contributed by atoms with E-state index in [2.05, 4.69) is 5.32 Å². The van der Waals surface area contributed by atoms with Crippen LogP contribution < -0.4 is 10.1 Å². The molecule has 2 rings (SSSR count). The lowest BCUT2D eigenvalue weighted by atomic mass is 10.0. The largest absolute Gasteiger partial charge is 0.504 e. The first-order chi connectivity index (χ1) is 6.72. The Hall–Kier alpha value is -1.22. The SMILES string of the molecule is CNC1(c2ccc(OC)c(O)c2)CC1. The second-order valence-corrected chi connectivity index (χ2v) is 3.72. The molecule has 0 atom stereocenters. The maximum atomic E-state index is 9.63. The predicted molar refractivity (Wildman–Crippen MR) is 54.6 cm³/mol. The summed E-state index contributed by atoms with van der Waals surface area (Å²) in [5, 5.41) is 12.9. The molecule has 0 bridgehead atoms. The van der Waals surface area contributed by atoms with Crippen molar-refractivity contribution in [1.29, 1.82) is 0 Å². The van der Waals surface area contributed by atoms with E-state index >= 15 is 0 Å². The Kier molecular flexibility index (Phi) is 2.11. The molecule has 3 nitrogen and oxygen atoms in total. The van der Waals surface area contributed by atoms with Crippen LogP contribution in [0.25, 0.3) is 0 Å². The average Bonchev–Trinajstić information content (AvgIpc) is 2.98. The molecule has 0 aliphatic heterocycles. The van der Waals surface area contributed by atoms with Crippen LogP contribution in [0.5, 0.6) is 11.5 Å². The van der Waals surface area contributed by atoms with E-state index in [4.69, 9.17) is 4.74 Å². The molecule has 0 amide bonds. The van der Waals surface area contributed by atoms with Gasteiger partial charge in [0.15, 0.2) is 11.5 Å². The fraction of sp³-hybridized carbons (Fsp3) is 0.455. The minimum Gasteiger partial charge on any atom is -0.504 e. The van der Waals surface area contributed by atoms with Crippen LogP contribution in [0.3, 0.4) is 0 Å². The number of methoxy groups -OCH3 is 1. The topological polar surface area (TPSA) is 41.5 Å². The van der Waals surface area contributed by atoms with E-state index in [1.165, 1.54) is 0 Å². The first-order valence-corrected chi connectivity index (χ1v) is 4.78. The molecule has 1 saturated carbocycles. The number of benzene rings is 1. The van der Waals surface area contributed by atoms with Crippen molar-refractivity contribution < 1.29 is 9.84 Å². The van der Waals surface area contributed by atoms with E-state index in [-0.39, 0.29) is 11.3 Å². The first kappa shape index (κ1) is 9.34. The smallest absolute Gasteiger partial charge is 0.160 e. The van der Waals surface area contributed by atoms with Crippen LogP contribution in [0, 0.1) is 0 Å². The Morgan fingerprint density at radius 3 is 2.57 bits per heavy atom. The number of hydrogen-bond donors (Lipinski definition) is 2. The normalized spacial score (nSPS) is 17.9. The Morgan fingerprint density at radius 1 is 1.43 bits per heavy atom. The molecule has 0 aromatic heterocycles. The van der Waals surface area contributed by atoms with Gasteiger partial charge in [-0.1, -0.05) is 6.07 Å². The Labute approximate surface area is 83.7 Å². The molecule has 1 aromatic carbocycles. The van der Waals surface area contributed by atoms with Crippen molar-refractivity contribution in [2.75, 3.05) is 14.2 Å². The van der Waals surface area contributed by atoms with Gasteiger partial charge in [-0.15, -0.1) is 0 Å². The van der Waals surface area contributed by atoms with E-state index in [0.29, 0.717) is 5.75 Å². The summed E-state index contributed by atoms with van der Waals surface area (Å²) in [6.45, 7) is 0. The zero-order valence-electron chi connectivity index (χ0n) is 8.50. The van der Waals surface area contributed by atoms with Crippen molar-refractivity contribution in [3.63, 3.8) is 0 Å². The number of rotatable bonds is 3. The highest BCUT2D eigenvalue weighted by molar-refractivity contribution is 5.45. The molecule has 0 saturated heterocycles. The number of ether oxygens (including phenoxy) is 1. The second-order valence-electron chi connectivity index (χ2n) is 3.72. The minimum absolute atomic E-state index is 0.101. The standard InChI is InChI=1S/C11H15NO2/c1-12-11(5-6-11)8-3-4-10(14-2)9(13)7-8/h3-4,7,12-13H,5-6H2,1-2H3. The van der Waals surface area contributed by atoms with Gasteiger partial charge in [-0.3, -0.25) is 0 Å². The van der Waals surface area contributed by atoms with Gasteiger partial charge in [0.25, 0.3) is 0 Å². The van der Waals surface area contributed by atoms with Crippen LogP contribution in [-0.2, 0) is 5.54 Å². The molecule has 0 spiro atoms. The predicted octanol–water partition coefficient (Wildman–Crippen LogP) is 1.61. The van der Waals surface area contributed by atoms with Gasteiger partial charge in [0.1, 0.15) is 0 Å². The summed E-state index contributed by atoms with van der Waals surface area (Å²) < 4.78 is 5.00. The molecule has 0 unspecified atom stereocenters. The van der Waals surface area contributed by atoms with Crippen LogP contribution >= 0.6 is 0 Å². The third-order valence-corrected chi connectivity index (χ3v) is 2.96. The third-order valence-electron chi connectivity index (χ3n) is 2.96. The molecule has 0 radical (unpaired) electrons. The maximum Gasteiger partial charge on any atom is 0.160 e. The second kappa shape index (κ2) is 3.17. The van der Waals surface area contributed by atoms with Gasteiger partial charge in [-0.25, -0.2) is 0 Å². The molecule has 2 N–H and O–H groups in total. The highest BCUT2D eigenvalue weighted by atomic mass is 16.5. The fourth-order valence-electron chi connectivity index (χ4n) is 1.80. The summed E-state index contributed by atoms with van der Waals surface area (Å²) in [7, 11) is 3.51. The van der Waals surface area contributed by atoms with Crippen LogP contribution in [0.4, 0.5) is 0 Å². The third kappa shape index (κ3) is 1.34. The highest BCUT2D eigenvalue weighted by Gasteiger charge is 2.42. The Morgan fingerprint density at radius 2 is 2.14 bits per heavy atom. The zero-order chi connectivity index (χ0) is 10.2. The zero-order valence-corrected chi connectivity index (χ0v) is 8.50. The van der Waals surface area contributed by atoms with Crippen LogP contribution in [-0.4, -0.2) is 19.3 Å². The van der Waals surface area contributed by atoms with Crippen molar-refractivity contribution in [3.8, 4) is 11.5 Å². The minimum atomic E-state index is 0.101. The molecular formula is C11H15NO2. The first-order valence-electron chi connectivity index (χ1n) is 4.78. The Balaban J connectivity index is 2.33. The number of phenolic OH excluding ortho intramolecular Hbond substituents is 1. The summed E-state index contributed by atoms with van der Waals surface area (Å²) in [6.07, 6.45) is 2.27. The van der Waals surface area contributed by atoms with Crippen molar-refractivity contribution in [2.24, 2.45) is 0 Å². The lowest BCUT2D eigenvalue weighted by Gasteiger charge is -2.15. The quantitative estimate of drug-likeness (QED) is 0.766. The molecule has 1 aliphatic rings. The summed E-state index contributed by atoms with van der Waals surface area (Å²) in [4.78, 5) is 0. The summed E-state index contributed by atoms with van der Waals surface area (Å²) in [6, 6.07) is 5.59. The molecular weight excluding hydrogens is 178 g/mol. The average molecular weight is 193 g/mol. The molecule has 1 aromatic rings. The van der Waals surface area contributed by atoms with Gasteiger partial charge in [0.2, 0.25) is 0 Å².